The van der Waals surface area contributed by atoms with E-state index < -0.39 is 0 Å². The number of hydrogen-bond acceptors (Lipinski definition) is 3. The normalized spacial score (nSPS) is 31.7. The molecule has 3 heteroatoms. The van der Waals surface area contributed by atoms with E-state index in [1.807, 2.05) is 0 Å². The highest BCUT2D eigenvalue weighted by Gasteiger charge is 2.37. The monoisotopic (exact) mass is 239 g/mol. The molecule has 0 aromatic carbocycles. The molecule has 1 unspecified atom stereocenters. The van der Waals surface area contributed by atoms with Gasteiger partial charge in [0.15, 0.2) is 0 Å². The summed E-state index contributed by atoms with van der Waals surface area (Å²) in [6.45, 7) is 6.98. The van der Waals surface area contributed by atoms with E-state index in [1.165, 1.54) is 6.42 Å². The van der Waals surface area contributed by atoms with Crippen LogP contribution in [0.15, 0.2) is 0 Å². The average molecular weight is 239 g/mol. The molecular weight excluding hydrogens is 214 g/mol. The van der Waals surface area contributed by atoms with Crippen LogP contribution in [0.4, 0.5) is 0 Å². The van der Waals surface area contributed by atoms with Gasteiger partial charge in [0.25, 0.3) is 0 Å². The van der Waals surface area contributed by atoms with Gasteiger partial charge in [0.1, 0.15) is 5.78 Å². The second kappa shape index (κ2) is 5.07. The predicted octanol–water partition coefficient (Wildman–Crippen LogP) is 1.84. The molecule has 1 atom stereocenters. The molecule has 2 rings (SSSR count). The highest BCUT2D eigenvalue weighted by Crippen LogP contribution is 2.35. The minimum atomic E-state index is -0.121. The topological polar surface area (TPSA) is 40.5 Å². The first-order chi connectivity index (χ1) is 7.99. The summed E-state index contributed by atoms with van der Waals surface area (Å²) in [4.78, 5) is 14.7. The third-order valence-electron chi connectivity index (χ3n) is 4.43. The Balaban J connectivity index is 1.88. The van der Waals surface area contributed by atoms with Gasteiger partial charge in [-0.05, 0) is 25.7 Å². The van der Waals surface area contributed by atoms with Gasteiger partial charge in [0, 0.05) is 31.0 Å². The number of likely N-dealkylation sites (tertiary alicyclic amines) is 1. The van der Waals surface area contributed by atoms with Crippen LogP contribution in [0.2, 0.25) is 0 Å². The van der Waals surface area contributed by atoms with Crippen molar-refractivity contribution in [3.63, 3.8) is 0 Å². The molecule has 2 fully saturated rings. The number of carbonyl (C=O) groups is 1. The molecule has 2 aliphatic rings. The molecule has 0 aromatic heterocycles. The first-order valence-electron chi connectivity index (χ1n) is 6.94. The number of aliphatic hydroxyl groups is 1. The van der Waals surface area contributed by atoms with Crippen molar-refractivity contribution < 1.29 is 9.90 Å². The summed E-state index contributed by atoms with van der Waals surface area (Å²) in [5, 5.41) is 9.47. The number of ketones is 1. The van der Waals surface area contributed by atoms with Gasteiger partial charge < -0.3 is 10.0 Å². The zero-order valence-electron chi connectivity index (χ0n) is 11.1. The lowest BCUT2D eigenvalue weighted by atomic mass is 9.71. The third kappa shape index (κ3) is 3.08. The number of hydrogen-bond donors (Lipinski definition) is 1. The Kier molecular flexibility index (Phi) is 3.88. The number of aliphatic hydroxyl groups excluding tert-OH is 1. The first-order valence-corrected chi connectivity index (χ1v) is 6.94. The maximum Gasteiger partial charge on any atom is 0.142 e. The van der Waals surface area contributed by atoms with E-state index in [0.717, 1.165) is 45.3 Å². The maximum atomic E-state index is 12.3. The Bertz CT molecular complexity index is 280. The highest BCUT2D eigenvalue weighted by molar-refractivity contribution is 5.87. The Morgan fingerprint density at radius 3 is 2.59 bits per heavy atom. The number of carbonyl (C=O) groups excluding carboxylic acids is 1. The summed E-state index contributed by atoms with van der Waals surface area (Å²) < 4.78 is 0. The van der Waals surface area contributed by atoms with Crippen LogP contribution in [0.25, 0.3) is 0 Å². The van der Waals surface area contributed by atoms with Crippen molar-refractivity contribution in [2.45, 2.75) is 52.1 Å². The van der Waals surface area contributed by atoms with E-state index in [2.05, 4.69) is 18.7 Å². The van der Waals surface area contributed by atoms with E-state index in [4.69, 9.17) is 0 Å². The molecule has 0 aromatic rings. The van der Waals surface area contributed by atoms with Crippen LogP contribution in [0, 0.1) is 11.3 Å². The summed E-state index contributed by atoms with van der Waals surface area (Å²) >= 11 is 0. The fraction of sp³-hybridized carbons (Fsp3) is 0.929. The summed E-state index contributed by atoms with van der Waals surface area (Å²) in [6.07, 6.45) is 4.89. The van der Waals surface area contributed by atoms with Crippen molar-refractivity contribution in [1.29, 1.82) is 0 Å². The van der Waals surface area contributed by atoms with Gasteiger partial charge in [-0.2, -0.15) is 0 Å². The Morgan fingerprint density at radius 2 is 1.94 bits per heavy atom. The zero-order valence-corrected chi connectivity index (χ0v) is 11.1. The molecule has 0 bridgehead atoms. The summed E-state index contributed by atoms with van der Waals surface area (Å²) in [5.74, 6) is 0.684. The van der Waals surface area contributed by atoms with Crippen molar-refractivity contribution in [2.75, 3.05) is 19.6 Å². The molecule has 1 N–H and O–H groups in total. The van der Waals surface area contributed by atoms with E-state index in [0.29, 0.717) is 5.78 Å². The lowest BCUT2D eigenvalue weighted by Crippen LogP contribution is -2.44. The SMILES string of the molecule is CC1(C)CCCC(CN2CCC(O)CC2)C1=O. The molecule has 0 spiro atoms. The van der Waals surface area contributed by atoms with Crippen LogP contribution in [-0.2, 0) is 4.79 Å². The minimum Gasteiger partial charge on any atom is -0.393 e. The molecular formula is C14H25NO2. The number of Topliss-reactive ketones (excluding diaryl/α,β-unsaturated/α-hetero) is 1. The van der Waals surface area contributed by atoms with Gasteiger partial charge >= 0.3 is 0 Å². The fourth-order valence-electron chi connectivity index (χ4n) is 3.19. The van der Waals surface area contributed by atoms with Gasteiger partial charge in [-0.25, -0.2) is 0 Å². The molecule has 1 aliphatic carbocycles. The van der Waals surface area contributed by atoms with Crippen molar-refractivity contribution >= 4 is 5.78 Å². The van der Waals surface area contributed by atoms with Crippen molar-refractivity contribution in [1.82, 2.24) is 4.90 Å². The van der Waals surface area contributed by atoms with Gasteiger partial charge in [0.2, 0.25) is 0 Å². The van der Waals surface area contributed by atoms with Crippen LogP contribution in [0.5, 0.6) is 0 Å². The quantitative estimate of drug-likeness (QED) is 0.799. The van der Waals surface area contributed by atoms with Crippen LogP contribution < -0.4 is 0 Å². The second-order valence-corrected chi connectivity index (χ2v) is 6.37. The van der Waals surface area contributed by atoms with Gasteiger partial charge in [-0.1, -0.05) is 20.3 Å². The largest absolute Gasteiger partial charge is 0.393 e. The first kappa shape index (κ1) is 13.0. The third-order valence-corrected chi connectivity index (χ3v) is 4.43. The highest BCUT2D eigenvalue weighted by atomic mass is 16.3. The molecule has 1 heterocycles. The number of piperidine rings is 1. The minimum absolute atomic E-state index is 0.113. The second-order valence-electron chi connectivity index (χ2n) is 6.37. The van der Waals surface area contributed by atoms with Crippen molar-refractivity contribution in [3.05, 3.63) is 0 Å². The molecule has 0 radical (unpaired) electrons. The Labute approximate surface area is 104 Å². The Morgan fingerprint density at radius 1 is 1.29 bits per heavy atom. The van der Waals surface area contributed by atoms with E-state index in [9.17, 15) is 9.90 Å². The molecule has 3 nitrogen and oxygen atoms in total. The average Bonchev–Trinajstić information content (AvgIpc) is 2.28. The van der Waals surface area contributed by atoms with Crippen LogP contribution in [0.1, 0.15) is 46.0 Å². The predicted molar refractivity (Wildman–Crippen MR) is 67.8 cm³/mol. The molecule has 98 valence electrons. The van der Waals surface area contributed by atoms with Gasteiger partial charge in [-0.3, -0.25) is 4.79 Å². The molecule has 0 amide bonds. The fourth-order valence-corrected chi connectivity index (χ4v) is 3.19. The van der Waals surface area contributed by atoms with Crippen LogP contribution >= 0.6 is 0 Å². The molecule has 1 saturated carbocycles. The standard InChI is InChI=1S/C14H25NO2/c1-14(2)7-3-4-11(13(14)17)10-15-8-5-12(16)6-9-15/h11-12,16H,3-10H2,1-2H3. The summed E-state index contributed by atoms with van der Waals surface area (Å²) in [5.41, 5.74) is -0.113. The lowest BCUT2D eigenvalue weighted by molar-refractivity contribution is -0.135. The summed E-state index contributed by atoms with van der Waals surface area (Å²) in [6, 6.07) is 0. The lowest BCUT2D eigenvalue weighted by Gasteiger charge is -2.38. The van der Waals surface area contributed by atoms with Crippen molar-refractivity contribution in [3.8, 4) is 0 Å². The molecule has 17 heavy (non-hydrogen) atoms. The van der Waals surface area contributed by atoms with Crippen LogP contribution in [-0.4, -0.2) is 41.5 Å². The number of nitrogens with zero attached hydrogens (tertiary/aromatic N) is 1. The van der Waals surface area contributed by atoms with E-state index in [1.54, 1.807) is 0 Å². The van der Waals surface area contributed by atoms with Gasteiger partial charge in [0.05, 0.1) is 6.10 Å². The molecule has 1 aliphatic heterocycles. The van der Waals surface area contributed by atoms with E-state index >= 15 is 0 Å². The summed E-state index contributed by atoms with van der Waals surface area (Å²) in [7, 11) is 0. The van der Waals surface area contributed by atoms with E-state index in [-0.39, 0.29) is 17.4 Å². The zero-order chi connectivity index (χ0) is 12.5. The van der Waals surface area contributed by atoms with Gasteiger partial charge in [-0.15, -0.1) is 0 Å². The number of rotatable bonds is 2. The Hall–Kier alpha value is -0.410. The molecule has 1 saturated heterocycles. The van der Waals surface area contributed by atoms with Crippen LogP contribution in [0.3, 0.4) is 0 Å². The maximum absolute atomic E-state index is 12.3. The van der Waals surface area contributed by atoms with Crippen molar-refractivity contribution in [2.24, 2.45) is 11.3 Å². The smallest absolute Gasteiger partial charge is 0.142 e.